The molecule has 0 N–H and O–H groups in total. The van der Waals surface area contributed by atoms with Crippen molar-refractivity contribution in [2.75, 3.05) is 7.11 Å². The van der Waals surface area contributed by atoms with Crippen LogP contribution in [0, 0.1) is 10.1 Å². The standard InChI is InChI=1S/C23H17F4NO7/c1-32-19-12-18(28(30)31)17(21(29)33-13-14-5-3-2-4-6-14)11-20(19)34-15-7-9-16(10-8-15)35-23(26,27)22(24)25/h2-12,22H,13H2,1H3. The molecule has 12 heteroatoms. The summed E-state index contributed by atoms with van der Waals surface area (Å²) in [5, 5.41) is 11.5. The molecule has 35 heavy (non-hydrogen) atoms. The summed E-state index contributed by atoms with van der Waals surface area (Å²) in [5.41, 5.74) is -0.350. The van der Waals surface area contributed by atoms with E-state index in [4.69, 9.17) is 14.2 Å². The zero-order valence-electron chi connectivity index (χ0n) is 18.0. The summed E-state index contributed by atoms with van der Waals surface area (Å²) in [6.45, 7) is -0.135. The van der Waals surface area contributed by atoms with Gasteiger partial charge < -0.3 is 18.9 Å². The molecular formula is C23H17F4NO7. The average molecular weight is 495 g/mol. The number of nitro benzene ring substituents is 1. The molecule has 0 unspecified atom stereocenters. The molecule has 0 fully saturated rings. The van der Waals surface area contributed by atoms with Gasteiger partial charge in [-0.05, 0) is 29.8 Å². The highest BCUT2D eigenvalue weighted by atomic mass is 19.3. The van der Waals surface area contributed by atoms with Crippen molar-refractivity contribution in [1.29, 1.82) is 0 Å². The van der Waals surface area contributed by atoms with Crippen LogP contribution in [-0.2, 0) is 11.3 Å². The first kappa shape index (κ1) is 25.3. The van der Waals surface area contributed by atoms with Gasteiger partial charge in [-0.1, -0.05) is 30.3 Å². The van der Waals surface area contributed by atoms with Gasteiger partial charge >= 0.3 is 18.5 Å². The van der Waals surface area contributed by atoms with Crippen molar-refractivity contribution in [2.45, 2.75) is 19.1 Å². The second-order valence-electron chi connectivity index (χ2n) is 6.88. The molecule has 0 aromatic heterocycles. The van der Waals surface area contributed by atoms with Crippen molar-refractivity contribution in [3.8, 4) is 23.0 Å². The number of esters is 1. The fourth-order valence-electron chi connectivity index (χ4n) is 2.81. The summed E-state index contributed by atoms with van der Waals surface area (Å²) < 4.78 is 70.5. The number of carbonyl (C=O) groups excluding carboxylic acids is 1. The van der Waals surface area contributed by atoms with E-state index in [1.807, 2.05) is 0 Å². The van der Waals surface area contributed by atoms with Gasteiger partial charge in [-0.3, -0.25) is 10.1 Å². The van der Waals surface area contributed by atoms with Crippen molar-refractivity contribution in [2.24, 2.45) is 0 Å². The van der Waals surface area contributed by atoms with Crippen LogP contribution in [0.25, 0.3) is 0 Å². The topological polar surface area (TPSA) is 97.1 Å². The molecule has 0 saturated heterocycles. The number of hydrogen-bond donors (Lipinski definition) is 0. The van der Waals surface area contributed by atoms with Gasteiger partial charge in [0.2, 0.25) is 0 Å². The predicted molar refractivity (Wildman–Crippen MR) is 113 cm³/mol. The molecule has 0 spiro atoms. The average Bonchev–Trinajstić information content (AvgIpc) is 2.83. The lowest BCUT2D eigenvalue weighted by molar-refractivity contribution is -0.385. The Morgan fingerprint density at radius 1 is 1.00 bits per heavy atom. The number of halogens is 4. The third-order valence-electron chi connectivity index (χ3n) is 4.47. The Kier molecular flexibility index (Phi) is 7.74. The number of methoxy groups -OCH3 is 1. The highest BCUT2D eigenvalue weighted by molar-refractivity contribution is 5.95. The van der Waals surface area contributed by atoms with E-state index in [9.17, 15) is 32.5 Å². The summed E-state index contributed by atoms with van der Waals surface area (Å²) in [6.07, 6.45) is -8.71. The normalized spacial score (nSPS) is 11.1. The molecule has 0 aliphatic carbocycles. The lowest BCUT2D eigenvalue weighted by Gasteiger charge is -2.17. The summed E-state index contributed by atoms with van der Waals surface area (Å²) in [7, 11) is 1.21. The smallest absolute Gasteiger partial charge is 0.461 e. The van der Waals surface area contributed by atoms with Crippen molar-refractivity contribution in [3.63, 3.8) is 0 Å². The molecule has 0 atom stereocenters. The highest BCUT2D eigenvalue weighted by Gasteiger charge is 2.43. The maximum atomic E-state index is 13.1. The zero-order valence-corrected chi connectivity index (χ0v) is 18.0. The Hall–Kier alpha value is -4.35. The Morgan fingerprint density at radius 2 is 1.63 bits per heavy atom. The van der Waals surface area contributed by atoms with Gasteiger partial charge in [0.25, 0.3) is 5.69 Å². The molecule has 3 rings (SSSR count). The third kappa shape index (κ3) is 6.37. The second-order valence-corrected chi connectivity index (χ2v) is 6.88. The maximum absolute atomic E-state index is 13.1. The Morgan fingerprint density at radius 3 is 2.20 bits per heavy atom. The molecule has 0 aliphatic rings. The third-order valence-corrected chi connectivity index (χ3v) is 4.47. The lowest BCUT2D eigenvalue weighted by atomic mass is 10.1. The Labute approximate surface area is 195 Å². The van der Waals surface area contributed by atoms with Crippen LogP contribution in [-0.4, -0.2) is 30.5 Å². The number of alkyl halides is 4. The summed E-state index contributed by atoms with van der Waals surface area (Å²) in [5.74, 6) is -1.78. The molecule has 3 aromatic carbocycles. The fourth-order valence-corrected chi connectivity index (χ4v) is 2.81. The number of nitro groups is 1. The summed E-state index contributed by atoms with van der Waals surface area (Å²) in [6, 6.07) is 14.8. The Bertz CT molecular complexity index is 1190. The molecule has 3 aromatic rings. The minimum atomic E-state index is -4.68. The zero-order chi connectivity index (χ0) is 25.6. The van der Waals surface area contributed by atoms with E-state index in [0.717, 1.165) is 36.4 Å². The number of carbonyl (C=O) groups is 1. The van der Waals surface area contributed by atoms with Gasteiger partial charge in [0.15, 0.2) is 11.5 Å². The molecule has 0 heterocycles. The minimum absolute atomic E-state index is 0.00784. The van der Waals surface area contributed by atoms with E-state index in [2.05, 4.69) is 4.74 Å². The van der Waals surface area contributed by atoms with Gasteiger partial charge in [-0.2, -0.15) is 17.6 Å². The van der Waals surface area contributed by atoms with E-state index < -0.39 is 40.4 Å². The van der Waals surface area contributed by atoms with Crippen LogP contribution in [0.15, 0.2) is 66.7 Å². The molecule has 0 amide bonds. The largest absolute Gasteiger partial charge is 0.493 e. The van der Waals surface area contributed by atoms with Crippen LogP contribution in [0.1, 0.15) is 15.9 Å². The van der Waals surface area contributed by atoms with Crippen LogP contribution in [0.5, 0.6) is 23.0 Å². The number of hydrogen-bond acceptors (Lipinski definition) is 7. The number of nitrogens with zero attached hydrogens (tertiary/aromatic N) is 1. The van der Waals surface area contributed by atoms with Crippen molar-refractivity contribution in [3.05, 3.63) is 88.0 Å². The maximum Gasteiger partial charge on any atom is 0.461 e. The van der Waals surface area contributed by atoms with Crippen LogP contribution in [0.2, 0.25) is 0 Å². The number of benzene rings is 3. The predicted octanol–water partition coefficient (Wildman–Crippen LogP) is 5.99. The quantitative estimate of drug-likeness (QED) is 0.148. The van der Waals surface area contributed by atoms with Crippen LogP contribution in [0.3, 0.4) is 0 Å². The van der Waals surface area contributed by atoms with E-state index in [0.29, 0.717) is 5.56 Å². The first-order chi connectivity index (χ1) is 16.6. The molecule has 184 valence electrons. The molecule has 0 radical (unpaired) electrons. The van der Waals surface area contributed by atoms with Gasteiger partial charge in [-0.15, -0.1) is 0 Å². The van der Waals surface area contributed by atoms with Crippen molar-refractivity contribution >= 4 is 11.7 Å². The van der Waals surface area contributed by atoms with Gasteiger partial charge in [0.05, 0.1) is 18.1 Å². The van der Waals surface area contributed by atoms with E-state index in [1.165, 1.54) is 7.11 Å². The number of rotatable bonds is 10. The van der Waals surface area contributed by atoms with Gasteiger partial charge in [0.1, 0.15) is 23.7 Å². The molecule has 0 bridgehead atoms. The Balaban J connectivity index is 1.85. The fraction of sp³-hybridized carbons (Fsp3) is 0.174. The van der Waals surface area contributed by atoms with Crippen LogP contribution >= 0.6 is 0 Å². The summed E-state index contributed by atoms with van der Waals surface area (Å²) >= 11 is 0. The van der Waals surface area contributed by atoms with Gasteiger partial charge in [-0.25, -0.2) is 4.79 Å². The van der Waals surface area contributed by atoms with E-state index in [1.54, 1.807) is 30.3 Å². The highest BCUT2D eigenvalue weighted by Crippen LogP contribution is 2.38. The SMILES string of the molecule is COc1cc([N+](=O)[O-])c(C(=O)OCc2ccccc2)cc1Oc1ccc(OC(F)(F)C(F)F)cc1. The minimum Gasteiger partial charge on any atom is -0.493 e. The van der Waals surface area contributed by atoms with E-state index in [-0.39, 0.29) is 23.9 Å². The summed E-state index contributed by atoms with van der Waals surface area (Å²) in [4.78, 5) is 23.3. The first-order valence-corrected chi connectivity index (χ1v) is 9.81. The van der Waals surface area contributed by atoms with Crippen LogP contribution < -0.4 is 14.2 Å². The molecular weight excluding hydrogens is 478 g/mol. The van der Waals surface area contributed by atoms with Crippen molar-refractivity contribution < 1.29 is 46.2 Å². The second kappa shape index (κ2) is 10.7. The number of ether oxygens (including phenoxy) is 4. The van der Waals surface area contributed by atoms with Gasteiger partial charge in [0, 0.05) is 6.07 Å². The van der Waals surface area contributed by atoms with Crippen LogP contribution in [0.4, 0.5) is 23.2 Å². The van der Waals surface area contributed by atoms with Crippen molar-refractivity contribution in [1.82, 2.24) is 0 Å². The lowest BCUT2D eigenvalue weighted by Crippen LogP contribution is -2.33. The molecule has 0 aliphatic heterocycles. The monoisotopic (exact) mass is 495 g/mol. The van der Waals surface area contributed by atoms with E-state index >= 15 is 0 Å². The molecule has 8 nitrogen and oxygen atoms in total. The molecule has 0 saturated carbocycles. The first-order valence-electron chi connectivity index (χ1n) is 9.81.